The van der Waals surface area contributed by atoms with Crippen LogP contribution in [0.25, 0.3) is 11.0 Å². The van der Waals surface area contributed by atoms with Gasteiger partial charge < -0.3 is 19.1 Å². The lowest BCUT2D eigenvalue weighted by Crippen LogP contribution is -2.47. The van der Waals surface area contributed by atoms with Crippen LogP contribution in [0.3, 0.4) is 0 Å². The Labute approximate surface area is 254 Å². The van der Waals surface area contributed by atoms with Gasteiger partial charge in [-0.1, -0.05) is 79.2 Å². The number of carbonyl (C=O) groups is 1. The number of piperidine rings is 1. The van der Waals surface area contributed by atoms with E-state index in [-0.39, 0.29) is 18.7 Å². The first kappa shape index (κ1) is 29.9. The smallest absolute Gasteiger partial charge is 0.410 e. The molecule has 0 N–H and O–H groups in total. The molecule has 1 aromatic heterocycles. The normalized spacial score (nSPS) is 15.0. The summed E-state index contributed by atoms with van der Waals surface area (Å²) in [7, 11) is 0. The number of hydrogen-bond donors (Lipinski definition) is 0. The van der Waals surface area contributed by atoms with Crippen LogP contribution >= 0.6 is 11.6 Å². The maximum atomic E-state index is 13.0. The second-order valence-corrected chi connectivity index (χ2v) is 11.5. The van der Waals surface area contributed by atoms with Crippen molar-refractivity contribution in [1.82, 2.24) is 19.4 Å². The Hall–Kier alpha value is -3.61. The highest BCUT2D eigenvalue weighted by atomic mass is 35.5. The van der Waals surface area contributed by atoms with Crippen LogP contribution < -0.4 is 0 Å². The van der Waals surface area contributed by atoms with Crippen LogP contribution in [0.2, 0.25) is 5.02 Å². The van der Waals surface area contributed by atoms with Gasteiger partial charge in [-0.2, -0.15) is 0 Å². The topological polar surface area (TPSA) is 50.6 Å². The molecule has 1 saturated heterocycles. The number of nitrogens with zero attached hydrogens (tertiary/aromatic N) is 4. The number of aryl methyl sites for hydroxylation is 1. The average Bonchev–Trinajstić information content (AvgIpc) is 3.39. The molecule has 6 nitrogen and oxygen atoms in total. The van der Waals surface area contributed by atoms with Crippen LogP contribution in [0.1, 0.15) is 49.1 Å². The summed E-state index contributed by atoms with van der Waals surface area (Å²) in [6, 6.07) is 26.7. The van der Waals surface area contributed by atoms with E-state index in [9.17, 15) is 4.79 Å². The van der Waals surface area contributed by atoms with Crippen LogP contribution in [0.4, 0.5) is 4.79 Å². The predicted octanol–water partition coefficient (Wildman–Crippen LogP) is 7.72. The number of para-hydroxylation sites is 2. The van der Waals surface area contributed by atoms with Gasteiger partial charge in [-0.3, -0.25) is 0 Å². The lowest BCUT2D eigenvalue weighted by Gasteiger charge is -2.38. The minimum absolute atomic E-state index is 0.149. The lowest BCUT2D eigenvalue weighted by molar-refractivity contribution is 0.0654. The molecule has 0 radical (unpaired) electrons. The summed E-state index contributed by atoms with van der Waals surface area (Å²) >= 11 is 6.45. The van der Waals surface area contributed by atoms with Gasteiger partial charge in [0.15, 0.2) is 0 Å². The van der Waals surface area contributed by atoms with E-state index in [0.29, 0.717) is 12.5 Å². The molecule has 0 aliphatic carbocycles. The van der Waals surface area contributed by atoms with Crippen LogP contribution in [0, 0.1) is 0 Å². The molecule has 1 amide bonds. The quantitative estimate of drug-likeness (QED) is 0.160. The van der Waals surface area contributed by atoms with E-state index in [2.05, 4.69) is 59.4 Å². The molecular weight excluding hydrogens is 544 g/mol. The number of benzene rings is 3. The van der Waals surface area contributed by atoms with Crippen LogP contribution in [-0.4, -0.2) is 57.7 Å². The fraction of sp³-hybridized carbons (Fsp3) is 0.371. The van der Waals surface area contributed by atoms with Crippen molar-refractivity contribution in [3.05, 3.63) is 113 Å². The Morgan fingerprint density at radius 3 is 2.60 bits per heavy atom. The molecule has 0 bridgehead atoms. The van der Waals surface area contributed by atoms with Gasteiger partial charge in [-0.25, -0.2) is 9.78 Å². The molecule has 220 valence electrons. The van der Waals surface area contributed by atoms with Crippen molar-refractivity contribution >= 4 is 28.7 Å². The third-order valence-corrected chi connectivity index (χ3v) is 8.57. The average molecular weight is 585 g/mol. The fourth-order valence-corrected chi connectivity index (χ4v) is 6.25. The SMILES string of the molecule is C=CCN(C(=O)OCc1ccccc1)C1CCN(CC[C@H](Cn2c(CC)nc3ccccc32)c2cccc(Cl)c2)CC1. The molecular formula is C35H41ClN4O2. The summed E-state index contributed by atoms with van der Waals surface area (Å²) in [5.41, 5.74) is 4.48. The predicted molar refractivity (Wildman–Crippen MR) is 171 cm³/mol. The highest BCUT2D eigenvalue weighted by Gasteiger charge is 2.29. The van der Waals surface area contributed by atoms with Crippen molar-refractivity contribution in [3.8, 4) is 0 Å². The summed E-state index contributed by atoms with van der Waals surface area (Å²) in [4.78, 5) is 22.3. The number of carbonyl (C=O) groups excluding carboxylic acids is 1. The summed E-state index contributed by atoms with van der Waals surface area (Å²) in [6.45, 7) is 10.6. The summed E-state index contributed by atoms with van der Waals surface area (Å²) in [6.07, 6.45) is 5.26. The number of ether oxygens (including phenoxy) is 1. The highest BCUT2D eigenvalue weighted by Crippen LogP contribution is 2.29. The van der Waals surface area contributed by atoms with E-state index in [4.69, 9.17) is 21.3 Å². The summed E-state index contributed by atoms with van der Waals surface area (Å²) < 4.78 is 8.06. The van der Waals surface area contributed by atoms with E-state index in [1.165, 1.54) is 11.1 Å². The maximum Gasteiger partial charge on any atom is 0.410 e. The minimum Gasteiger partial charge on any atom is -0.445 e. The Morgan fingerprint density at radius 1 is 1.10 bits per heavy atom. The molecule has 1 fully saturated rings. The van der Waals surface area contributed by atoms with E-state index in [1.54, 1.807) is 6.08 Å². The number of fused-ring (bicyclic) bond motifs is 1. The molecule has 1 aliphatic rings. The van der Waals surface area contributed by atoms with Gasteiger partial charge in [0.1, 0.15) is 12.4 Å². The molecule has 42 heavy (non-hydrogen) atoms. The first-order valence-electron chi connectivity index (χ1n) is 15.1. The molecule has 4 aromatic rings. The van der Waals surface area contributed by atoms with Crippen molar-refractivity contribution in [2.75, 3.05) is 26.2 Å². The Morgan fingerprint density at radius 2 is 1.86 bits per heavy atom. The molecule has 7 heteroatoms. The number of amides is 1. The Balaban J connectivity index is 1.22. The van der Waals surface area contributed by atoms with Gasteiger partial charge in [0, 0.05) is 49.6 Å². The summed E-state index contributed by atoms with van der Waals surface area (Å²) in [5, 5.41) is 0.769. The zero-order valence-electron chi connectivity index (χ0n) is 24.5. The summed E-state index contributed by atoms with van der Waals surface area (Å²) in [5.74, 6) is 1.42. The van der Waals surface area contributed by atoms with E-state index >= 15 is 0 Å². The Kier molecular flexibility index (Phi) is 10.3. The number of hydrogen-bond acceptors (Lipinski definition) is 4. The number of likely N-dealkylation sites (tertiary alicyclic amines) is 1. The second-order valence-electron chi connectivity index (χ2n) is 11.1. The molecule has 1 atom stereocenters. The van der Waals surface area contributed by atoms with Crippen LogP contribution in [-0.2, 0) is 24.3 Å². The van der Waals surface area contributed by atoms with Gasteiger partial charge in [0.25, 0.3) is 0 Å². The Bertz CT molecular complexity index is 1460. The van der Waals surface area contributed by atoms with Gasteiger partial charge in [0.05, 0.1) is 11.0 Å². The first-order chi connectivity index (χ1) is 20.6. The fourth-order valence-electron chi connectivity index (χ4n) is 6.05. The standard InChI is InChI=1S/C35H41ClN4O2/c1-3-20-39(35(41)42-26-27-11-6-5-7-12-27)31-18-22-38(23-19-31)21-17-29(28-13-10-14-30(36)24-28)25-40-33-16-9-8-15-32(33)37-34(40)4-2/h3,5-16,24,29,31H,1,4,17-23,25-26H2,2H3/t29-/m1/s1. The maximum absolute atomic E-state index is 13.0. The van der Waals surface area contributed by atoms with E-state index in [1.807, 2.05) is 47.4 Å². The molecule has 0 unspecified atom stereocenters. The lowest BCUT2D eigenvalue weighted by atomic mass is 9.94. The zero-order chi connectivity index (χ0) is 29.3. The van der Waals surface area contributed by atoms with Gasteiger partial charge in [0.2, 0.25) is 0 Å². The van der Waals surface area contributed by atoms with Crippen molar-refractivity contribution in [2.45, 2.75) is 57.7 Å². The third-order valence-electron chi connectivity index (χ3n) is 8.33. The second kappa shape index (κ2) is 14.5. The number of aromatic nitrogens is 2. The zero-order valence-corrected chi connectivity index (χ0v) is 25.3. The molecule has 1 aliphatic heterocycles. The van der Waals surface area contributed by atoms with Gasteiger partial charge in [-0.05, 0) is 61.2 Å². The van der Waals surface area contributed by atoms with E-state index in [0.717, 1.165) is 73.8 Å². The monoisotopic (exact) mass is 584 g/mol. The van der Waals surface area contributed by atoms with Crippen molar-refractivity contribution in [1.29, 1.82) is 0 Å². The van der Waals surface area contributed by atoms with Crippen molar-refractivity contribution < 1.29 is 9.53 Å². The van der Waals surface area contributed by atoms with E-state index < -0.39 is 0 Å². The number of halogens is 1. The highest BCUT2D eigenvalue weighted by molar-refractivity contribution is 6.30. The first-order valence-corrected chi connectivity index (χ1v) is 15.4. The number of imidazole rings is 1. The molecule has 0 saturated carbocycles. The largest absolute Gasteiger partial charge is 0.445 e. The van der Waals surface area contributed by atoms with Gasteiger partial charge >= 0.3 is 6.09 Å². The molecule has 5 rings (SSSR count). The number of rotatable bonds is 12. The third kappa shape index (κ3) is 7.42. The van der Waals surface area contributed by atoms with Crippen LogP contribution in [0.5, 0.6) is 0 Å². The minimum atomic E-state index is -0.266. The molecule has 0 spiro atoms. The van der Waals surface area contributed by atoms with Crippen LogP contribution in [0.15, 0.2) is 91.5 Å². The molecule has 3 aromatic carbocycles. The van der Waals surface area contributed by atoms with Crippen molar-refractivity contribution in [2.24, 2.45) is 0 Å². The van der Waals surface area contributed by atoms with Crippen molar-refractivity contribution in [3.63, 3.8) is 0 Å². The molecule has 2 heterocycles. The van der Waals surface area contributed by atoms with Gasteiger partial charge in [-0.15, -0.1) is 6.58 Å².